The zero-order chi connectivity index (χ0) is 16.4. The third-order valence-electron chi connectivity index (χ3n) is 1.98. The van der Waals surface area contributed by atoms with Gasteiger partial charge in [-0.25, -0.2) is 0 Å². The molecule has 21 heavy (non-hydrogen) atoms. The smallest absolute Gasteiger partial charge is 0.434 e. The van der Waals surface area contributed by atoms with Gasteiger partial charge in [0.05, 0.1) is 6.10 Å². The molecule has 1 aromatic heterocycles. The van der Waals surface area contributed by atoms with Crippen LogP contribution in [-0.2, 0) is 0 Å². The number of alkyl halides is 6. The number of nitrogens with two attached hydrogens (primary N) is 1. The number of nitrogens with zero attached hydrogens (tertiary/aromatic N) is 2. The van der Waals surface area contributed by atoms with Crippen molar-refractivity contribution in [3.05, 3.63) is 6.33 Å². The predicted molar refractivity (Wildman–Crippen MR) is 58.7 cm³/mol. The lowest BCUT2D eigenvalue weighted by molar-refractivity contribution is -0.300. The Bertz CT molecular complexity index is 475. The van der Waals surface area contributed by atoms with E-state index in [9.17, 15) is 26.3 Å². The van der Waals surface area contributed by atoms with Crippen LogP contribution in [0, 0.1) is 0 Å². The average molecular weight is 319 g/mol. The van der Waals surface area contributed by atoms with Gasteiger partial charge in [0, 0.05) is 0 Å². The number of ether oxygens (including phenoxy) is 2. The molecule has 0 aliphatic carbocycles. The van der Waals surface area contributed by atoms with Gasteiger partial charge in [-0.2, -0.15) is 36.3 Å². The Balaban J connectivity index is 3.11. The summed E-state index contributed by atoms with van der Waals surface area (Å²) in [6.07, 6.45) is -15.2. The van der Waals surface area contributed by atoms with Gasteiger partial charge in [0.25, 0.3) is 6.10 Å². The van der Waals surface area contributed by atoms with Gasteiger partial charge in [-0.05, 0) is 13.8 Å². The Kier molecular flexibility index (Phi) is 4.74. The van der Waals surface area contributed by atoms with Gasteiger partial charge in [0.2, 0.25) is 11.8 Å². The molecular weight excluding hydrogens is 308 g/mol. The maximum absolute atomic E-state index is 12.4. The molecule has 0 saturated heterocycles. The zero-order valence-electron chi connectivity index (χ0n) is 10.8. The van der Waals surface area contributed by atoms with E-state index in [2.05, 4.69) is 14.7 Å². The summed E-state index contributed by atoms with van der Waals surface area (Å²) >= 11 is 0. The van der Waals surface area contributed by atoms with E-state index in [1.807, 2.05) is 0 Å². The number of anilines is 1. The lowest BCUT2D eigenvalue weighted by Crippen LogP contribution is -2.46. The topological polar surface area (TPSA) is 70.3 Å². The minimum absolute atomic E-state index is 0.363. The fourth-order valence-corrected chi connectivity index (χ4v) is 1.21. The number of rotatable bonds is 4. The predicted octanol–water partition coefficient (Wildman–Crippen LogP) is 2.72. The van der Waals surface area contributed by atoms with Crippen molar-refractivity contribution in [2.24, 2.45) is 0 Å². The van der Waals surface area contributed by atoms with E-state index in [0.29, 0.717) is 6.33 Å². The van der Waals surface area contributed by atoms with Crippen molar-refractivity contribution in [3.8, 4) is 11.8 Å². The number of hydrogen-bond donors (Lipinski definition) is 1. The first-order valence-electron chi connectivity index (χ1n) is 5.50. The fraction of sp³-hybridized carbons (Fsp3) is 0.600. The zero-order valence-corrected chi connectivity index (χ0v) is 10.8. The van der Waals surface area contributed by atoms with Crippen LogP contribution in [0.2, 0.25) is 0 Å². The molecule has 1 heterocycles. The summed E-state index contributed by atoms with van der Waals surface area (Å²) in [7, 11) is 0. The maximum atomic E-state index is 12.4. The van der Waals surface area contributed by atoms with Gasteiger partial charge in [0.1, 0.15) is 6.33 Å². The second-order valence-corrected chi connectivity index (χ2v) is 4.15. The van der Waals surface area contributed by atoms with Crippen LogP contribution >= 0.6 is 0 Å². The first-order chi connectivity index (χ1) is 9.43. The van der Waals surface area contributed by atoms with Crippen LogP contribution in [0.1, 0.15) is 13.8 Å². The van der Waals surface area contributed by atoms with E-state index < -0.39 is 36.1 Å². The van der Waals surface area contributed by atoms with E-state index in [1.54, 1.807) is 13.8 Å². The van der Waals surface area contributed by atoms with Crippen molar-refractivity contribution in [2.45, 2.75) is 38.4 Å². The Morgan fingerprint density at radius 1 is 0.952 bits per heavy atom. The molecule has 120 valence electrons. The lowest BCUT2D eigenvalue weighted by Gasteiger charge is -2.24. The molecule has 0 radical (unpaired) electrons. The van der Waals surface area contributed by atoms with E-state index >= 15 is 0 Å². The maximum Gasteiger partial charge on any atom is 0.434 e. The molecule has 0 fully saturated rings. The van der Waals surface area contributed by atoms with Gasteiger partial charge in [-0.15, -0.1) is 0 Å². The molecule has 0 amide bonds. The highest BCUT2D eigenvalue weighted by Gasteiger charge is 2.59. The van der Waals surface area contributed by atoms with Crippen LogP contribution in [0.15, 0.2) is 6.33 Å². The molecule has 2 N–H and O–H groups in total. The summed E-state index contributed by atoms with van der Waals surface area (Å²) in [5.41, 5.74) is 4.71. The number of nitrogen functional groups attached to an aromatic ring is 1. The van der Waals surface area contributed by atoms with E-state index in [4.69, 9.17) is 10.5 Å². The summed E-state index contributed by atoms with van der Waals surface area (Å²) < 4.78 is 83.2. The van der Waals surface area contributed by atoms with Crippen LogP contribution in [0.3, 0.4) is 0 Å². The first kappa shape index (κ1) is 17.1. The summed E-state index contributed by atoms with van der Waals surface area (Å²) in [5, 5.41) is 0. The minimum Gasteiger partial charge on any atom is -0.473 e. The van der Waals surface area contributed by atoms with Crippen LogP contribution in [-0.4, -0.2) is 34.5 Å². The van der Waals surface area contributed by atoms with Crippen molar-refractivity contribution in [1.82, 2.24) is 9.97 Å². The molecule has 0 saturated carbocycles. The van der Waals surface area contributed by atoms with Gasteiger partial charge >= 0.3 is 12.4 Å². The van der Waals surface area contributed by atoms with E-state index in [1.165, 1.54) is 0 Å². The molecule has 0 aromatic carbocycles. The second-order valence-electron chi connectivity index (χ2n) is 4.15. The average Bonchev–Trinajstić information content (AvgIpc) is 2.26. The van der Waals surface area contributed by atoms with Crippen LogP contribution in [0.25, 0.3) is 0 Å². The standard InChI is InChI=1S/C10H11F6N3O2/c1-4(2)20-6-5(17)7(19-3-18-6)21-8(9(11,12)13)10(14,15)16/h3-4,8H,17H2,1-2H3. The van der Waals surface area contributed by atoms with Crippen molar-refractivity contribution >= 4 is 5.69 Å². The Labute approximate surface area is 115 Å². The van der Waals surface area contributed by atoms with Crippen LogP contribution in [0.5, 0.6) is 11.8 Å². The van der Waals surface area contributed by atoms with Crippen LogP contribution in [0.4, 0.5) is 32.0 Å². The molecule has 1 aromatic rings. The van der Waals surface area contributed by atoms with Crippen molar-refractivity contribution in [2.75, 3.05) is 5.73 Å². The highest BCUT2D eigenvalue weighted by Crippen LogP contribution is 2.38. The van der Waals surface area contributed by atoms with Crippen molar-refractivity contribution in [3.63, 3.8) is 0 Å². The SMILES string of the molecule is CC(C)Oc1ncnc(OC(C(F)(F)F)C(F)(F)F)c1N. The second kappa shape index (κ2) is 5.82. The molecule has 1 rings (SSSR count). The molecule has 0 aliphatic heterocycles. The molecular formula is C10H11F6N3O2. The highest BCUT2D eigenvalue weighted by molar-refractivity contribution is 5.55. The highest BCUT2D eigenvalue weighted by atomic mass is 19.4. The Morgan fingerprint density at radius 2 is 1.38 bits per heavy atom. The molecule has 5 nitrogen and oxygen atoms in total. The summed E-state index contributed by atoms with van der Waals surface area (Å²) in [6, 6.07) is 0. The van der Waals surface area contributed by atoms with Gasteiger partial charge < -0.3 is 15.2 Å². The lowest BCUT2D eigenvalue weighted by atomic mass is 10.3. The third kappa shape index (κ3) is 4.53. The molecule has 0 bridgehead atoms. The van der Waals surface area contributed by atoms with Crippen LogP contribution < -0.4 is 15.2 Å². The quantitative estimate of drug-likeness (QED) is 0.864. The monoisotopic (exact) mass is 319 g/mol. The number of aromatic nitrogens is 2. The summed E-state index contributed by atoms with van der Waals surface area (Å²) in [5.74, 6) is -1.42. The number of hydrogen-bond acceptors (Lipinski definition) is 5. The van der Waals surface area contributed by atoms with Crippen molar-refractivity contribution < 1.29 is 35.8 Å². The van der Waals surface area contributed by atoms with Gasteiger partial charge in [-0.1, -0.05) is 0 Å². The fourth-order valence-electron chi connectivity index (χ4n) is 1.21. The third-order valence-corrected chi connectivity index (χ3v) is 1.98. The molecule has 0 spiro atoms. The number of halogens is 6. The molecule has 11 heteroatoms. The molecule has 0 aliphatic rings. The van der Waals surface area contributed by atoms with E-state index in [0.717, 1.165) is 0 Å². The molecule has 0 unspecified atom stereocenters. The largest absolute Gasteiger partial charge is 0.473 e. The molecule has 0 atom stereocenters. The summed E-state index contributed by atoms with van der Waals surface area (Å²) in [4.78, 5) is 6.68. The Hall–Kier alpha value is -1.94. The van der Waals surface area contributed by atoms with Crippen molar-refractivity contribution in [1.29, 1.82) is 0 Å². The minimum atomic E-state index is -5.67. The normalized spacial score (nSPS) is 12.9. The summed E-state index contributed by atoms with van der Waals surface area (Å²) in [6.45, 7) is 3.13. The van der Waals surface area contributed by atoms with Gasteiger partial charge in [-0.3, -0.25) is 0 Å². The Morgan fingerprint density at radius 3 is 1.76 bits per heavy atom. The van der Waals surface area contributed by atoms with Gasteiger partial charge in [0.15, 0.2) is 5.69 Å². The van der Waals surface area contributed by atoms with E-state index in [-0.39, 0.29) is 5.88 Å². The first-order valence-corrected chi connectivity index (χ1v) is 5.50.